The predicted molar refractivity (Wildman–Crippen MR) is 61.5 cm³/mol. The summed E-state index contributed by atoms with van der Waals surface area (Å²) in [5.74, 6) is -0.0900. The van der Waals surface area contributed by atoms with Crippen LogP contribution < -0.4 is 4.72 Å². The number of sulfonamides is 1. The molecular formula is C7H9ClN2O4S2. The summed E-state index contributed by atoms with van der Waals surface area (Å²) in [5, 5.41) is -0.910. The van der Waals surface area contributed by atoms with Crippen molar-refractivity contribution in [2.45, 2.75) is 0 Å². The van der Waals surface area contributed by atoms with Gasteiger partial charge in [-0.05, 0) is 12.1 Å². The van der Waals surface area contributed by atoms with Gasteiger partial charge in [0.1, 0.15) is 0 Å². The highest BCUT2D eigenvalue weighted by atomic mass is 35.5. The van der Waals surface area contributed by atoms with Crippen molar-refractivity contribution in [1.29, 1.82) is 0 Å². The third kappa shape index (κ3) is 4.33. The van der Waals surface area contributed by atoms with E-state index >= 15 is 0 Å². The van der Waals surface area contributed by atoms with E-state index < -0.39 is 24.9 Å². The number of hydrogen-bond acceptors (Lipinski definition) is 5. The van der Waals surface area contributed by atoms with Gasteiger partial charge in [0.15, 0.2) is 20.7 Å². The molecule has 0 atom stereocenters. The normalized spacial score (nSPS) is 12.4. The van der Waals surface area contributed by atoms with Crippen LogP contribution >= 0.6 is 11.6 Å². The Morgan fingerprint density at radius 1 is 1.38 bits per heavy atom. The molecule has 0 saturated carbocycles. The van der Waals surface area contributed by atoms with Gasteiger partial charge in [-0.25, -0.2) is 21.8 Å². The summed E-state index contributed by atoms with van der Waals surface area (Å²) in [6.45, 7) is 0. The molecule has 0 bridgehead atoms. The lowest BCUT2D eigenvalue weighted by Gasteiger charge is -2.06. The Morgan fingerprint density at radius 3 is 2.50 bits per heavy atom. The number of sulfone groups is 1. The Morgan fingerprint density at radius 2 is 2.00 bits per heavy atom. The van der Waals surface area contributed by atoms with Crippen LogP contribution in [0.4, 0.5) is 5.82 Å². The van der Waals surface area contributed by atoms with Gasteiger partial charge < -0.3 is 0 Å². The predicted octanol–water partition coefficient (Wildman–Crippen LogP) is 0.479. The molecule has 0 amide bonds. The summed E-state index contributed by atoms with van der Waals surface area (Å²) in [6.07, 6.45) is 2.16. The molecule has 1 aromatic rings. The Labute approximate surface area is 98.6 Å². The summed E-state index contributed by atoms with van der Waals surface area (Å²) in [5.41, 5.74) is 0. The van der Waals surface area contributed by atoms with Gasteiger partial charge in [-0.1, -0.05) is 11.6 Å². The molecule has 0 saturated heterocycles. The first-order valence-electron chi connectivity index (χ1n) is 3.98. The molecule has 1 rings (SSSR count). The summed E-state index contributed by atoms with van der Waals surface area (Å²) in [6, 6.07) is 2.96. The summed E-state index contributed by atoms with van der Waals surface area (Å²) in [7, 11) is -7.64. The van der Waals surface area contributed by atoms with Crippen LogP contribution in [0.5, 0.6) is 0 Å². The fourth-order valence-electron chi connectivity index (χ4n) is 0.919. The van der Waals surface area contributed by atoms with Crippen LogP contribution in [0.15, 0.2) is 18.3 Å². The van der Waals surface area contributed by atoms with E-state index in [0.717, 1.165) is 6.26 Å². The topological polar surface area (TPSA) is 93.2 Å². The van der Waals surface area contributed by atoms with Crippen LogP contribution in [0.1, 0.15) is 0 Å². The highest BCUT2D eigenvalue weighted by Gasteiger charge is 2.19. The first-order valence-corrected chi connectivity index (χ1v) is 8.07. The molecule has 0 aromatic carbocycles. The molecule has 1 aromatic heterocycles. The number of rotatable bonds is 4. The number of aromatic nitrogens is 1. The Bertz CT molecular complexity index is 582. The monoisotopic (exact) mass is 284 g/mol. The second-order valence-electron chi connectivity index (χ2n) is 3.09. The van der Waals surface area contributed by atoms with Crippen molar-refractivity contribution in [3.05, 3.63) is 23.4 Å². The minimum atomic E-state index is -4.00. The zero-order valence-electron chi connectivity index (χ0n) is 8.21. The average molecular weight is 285 g/mol. The maximum atomic E-state index is 11.4. The zero-order chi connectivity index (χ0) is 12.4. The largest absolute Gasteiger partial charge is 0.265 e. The van der Waals surface area contributed by atoms with Crippen LogP contribution in [0.25, 0.3) is 0 Å². The minimum Gasteiger partial charge on any atom is -0.265 e. The Balaban J connectivity index is 2.95. The van der Waals surface area contributed by atoms with Gasteiger partial charge in [0.25, 0.3) is 0 Å². The highest BCUT2D eigenvalue weighted by molar-refractivity contribution is 8.08. The van der Waals surface area contributed by atoms with Crippen molar-refractivity contribution < 1.29 is 16.8 Å². The van der Waals surface area contributed by atoms with Crippen LogP contribution in [0.2, 0.25) is 5.02 Å². The molecule has 90 valence electrons. The third-order valence-corrected chi connectivity index (χ3v) is 5.14. The smallest absolute Gasteiger partial charge is 0.248 e. The van der Waals surface area contributed by atoms with Crippen molar-refractivity contribution in [1.82, 2.24) is 4.98 Å². The van der Waals surface area contributed by atoms with Gasteiger partial charge >= 0.3 is 0 Å². The van der Waals surface area contributed by atoms with E-state index in [1.165, 1.54) is 18.3 Å². The molecule has 0 fully saturated rings. The molecule has 1 N–H and O–H groups in total. The van der Waals surface area contributed by atoms with Crippen molar-refractivity contribution in [2.75, 3.05) is 16.1 Å². The first kappa shape index (κ1) is 13.2. The van der Waals surface area contributed by atoms with Crippen LogP contribution in [-0.4, -0.2) is 33.2 Å². The molecule has 0 aliphatic carbocycles. The van der Waals surface area contributed by atoms with Gasteiger partial charge in [-0.2, -0.15) is 0 Å². The van der Waals surface area contributed by atoms with E-state index in [-0.39, 0.29) is 10.8 Å². The van der Waals surface area contributed by atoms with Gasteiger partial charge in [-0.3, -0.25) is 4.72 Å². The second-order valence-corrected chi connectivity index (χ2v) is 7.73. The lowest BCUT2D eigenvalue weighted by Crippen LogP contribution is -2.22. The molecule has 1 heterocycles. The number of nitrogens with zero attached hydrogens (tertiary/aromatic N) is 1. The van der Waals surface area contributed by atoms with Gasteiger partial charge in [0, 0.05) is 12.5 Å². The molecule has 6 nitrogen and oxygen atoms in total. The van der Waals surface area contributed by atoms with Crippen LogP contribution in [0, 0.1) is 0 Å². The van der Waals surface area contributed by atoms with Crippen molar-refractivity contribution >= 4 is 37.3 Å². The Hall–Kier alpha value is -0.860. The lowest BCUT2D eigenvalue weighted by molar-refractivity contribution is 0.595. The maximum absolute atomic E-state index is 11.4. The van der Waals surface area contributed by atoms with Gasteiger partial charge in [-0.15, -0.1) is 0 Å². The molecule has 0 radical (unpaired) electrons. The van der Waals surface area contributed by atoms with E-state index in [0.29, 0.717) is 0 Å². The molecule has 0 spiro atoms. The fraction of sp³-hybridized carbons (Fsp3) is 0.286. The fourth-order valence-corrected chi connectivity index (χ4v) is 4.09. The average Bonchev–Trinajstić information content (AvgIpc) is 2.04. The van der Waals surface area contributed by atoms with E-state index in [2.05, 4.69) is 4.98 Å². The van der Waals surface area contributed by atoms with E-state index in [9.17, 15) is 16.8 Å². The van der Waals surface area contributed by atoms with E-state index in [4.69, 9.17) is 11.6 Å². The van der Waals surface area contributed by atoms with Crippen molar-refractivity contribution in [3.63, 3.8) is 0 Å². The quantitative estimate of drug-likeness (QED) is 0.868. The molecule has 9 heteroatoms. The summed E-state index contributed by atoms with van der Waals surface area (Å²) >= 11 is 5.66. The maximum Gasteiger partial charge on any atom is 0.248 e. The van der Waals surface area contributed by atoms with Crippen molar-refractivity contribution in [3.8, 4) is 0 Å². The third-order valence-electron chi connectivity index (χ3n) is 1.38. The zero-order valence-corrected chi connectivity index (χ0v) is 10.6. The summed E-state index contributed by atoms with van der Waals surface area (Å²) in [4.78, 5) is 3.68. The number of pyridine rings is 1. The van der Waals surface area contributed by atoms with E-state index in [1.54, 1.807) is 0 Å². The van der Waals surface area contributed by atoms with Gasteiger partial charge in [0.2, 0.25) is 10.0 Å². The van der Waals surface area contributed by atoms with Crippen LogP contribution in [0.3, 0.4) is 0 Å². The van der Waals surface area contributed by atoms with E-state index in [1.807, 2.05) is 4.72 Å². The highest BCUT2D eigenvalue weighted by Crippen LogP contribution is 2.18. The molecule has 16 heavy (non-hydrogen) atoms. The molecule has 0 unspecified atom stereocenters. The van der Waals surface area contributed by atoms with Crippen molar-refractivity contribution in [2.24, 2.45) is 0 Å². The lowest BCUT2D eigenvalue weighted by atomic mass is 10.5. The SMILES string of the molecule is CS(=O)(=O)CS(=O)(=O)Nc1ncccc1Cl. The molecular weight excluding hydrogens is 276 g/mol. The van der Waals surface area contributed by atoms with Gasteiger partial charge in [0.05, 0.1) is 5.02 Å². The Kier molecular flexibility index (Phi) is 3.76. The summed E-state index contributed by atoms with van der Waals surface area (Å²) < 4.78 is 46.4. The van der Waals surface area contributed by atoms with Crippen LogP contribution in [-0.2, 0) is 19.9 Å². The standard InChI is InChI=1S/C7H9ClN2O4S2/c1-15(11,12)5-16(13,14)10-7-6(8)3-2-4-9-7/h2-4H,5H2,1H3,(H,9,10). The second kappa shape index (κ2) is 4.56. The number of nitrogens with one attached hydrogen (secondary N) is 1. The molecule has 0 aliphatic heterocycles. The molecule has 0 aliphatic rings. The number of hydrogen-bond donors (Lipinski definition) is 1. The number of halogens is 1. The minimum absolute atomic E-state index is 0.0900. The first-order chi connectivity index (χ1) is 7.20. The number of anilines is 1.